The van der Waals surface area contributed by atoms with E-state index in [2.05, 4.69) is 0 Å². The summed E-state index contributed by atoms with van der Waals surface area (Å²) >= 11 is 5.98. The van der Waals surface area contributed by atoms with Crippen LogP contribution >= 0.6 is 11.6 Å². The molecule has 0 bridgehead atoms. The molecule has 1 fully saturated rings. The van der Waals surface area contributed by atoms with Crippen molar-refractivity contribution in [3.63, 3.8) is 0 Å². The largest absolute Gasteiger partial charge is 0.481 e. The SMILES string of the molecule is O=C(O)C1(Cc2cc(F)ccc2Cl)CCCC1. The van der Waals surface area contributed by atoms with Gasteiger partial charge in [0.2, 0.25) is 0 Å². The normalized spacial score (nSPS) is 18.2. The molecule has 0 atom stereocenters. The highest BCUT2D eigenvalue weighted by molar-refractivity contribution is 6.31. The molecule has 2 nitrogen and oxygen atoms in total. The zero-order valence-electron chi connectivity index (χ0n) is 9.38. The quantitative estimate of drug-likeness (QED) is 0.896. The number of aliphatic carboxylic acids is 1. The molecule has 1 saturated carbocycles. The lowest BCUT2D eigenvalue weighted by Gasteiger charge is -2.24. The van der Waals surface area contributed by atoms with Crippen LogP contribution in [0.1, 0.15) is 31.2 Å². The molecule has 0 radical (unpaired) electrons. The summed E-state index contributed by atoms with van der Waals surface area (Å²) in [6.45, 7) is 0. The summed E-state index contributed by atoms with van der Waals surface area (Å²) in [5.74, 6) is -1.17. The Morgan fingerprint density at radius 1 is 1.41 bits per heavy atom. The molecule has 17 heavy (non-hydrogen) atoms. The van der Waals surface area contributed by atoms with Crippen LogP contribution in [0.15, 0.2) is 18.2 Å². The fourth-order valence-electron chi connectivity index (χ4n) is 2.56. The van der Waals surface area contributed by atoms with Crippen molar-refractivity contribution in [1.82, 2.24) is 0 Å². The van der Waals surface area contributed by atoms with Crippen LogP contribution in [-0.2, 0) is 11.2 Å². The Labute approximate surface area is 104 Å². The predicted molar refractivity (Wildman–Crippen MR) is 63.7 cm³/mol. The van der Waals surface area contributed by atoms with Gasteiger partial charge in [-0.05, 0) is 43.0 Å². The molecule has 1 aliphatic carbocycles. The van der Waals surface area contributed by atoms with E-state index in [0.29, 0.717) is 29.8 Å². The lowest BCUT2D eigenvalue weighted by Crippen LogP contribution is -2.30. The number of carboxylic acid groups (broad SMARTS) is 1. The predicted octanol–water partition coefficient (Wildman–Crippen LogP) is 3.67. The van der Waals surface area contributed by atoms with E-state index in [-0.39, 0.29) is 5.82 Å². The Kier molecular flexibility index (Phi) is 3.38. The van der Waals surface area contributed by atoms with Gasteiger partial charge in [0, 0.05) is 5.02 Å². The van der Waals surface area contributed by atoms with Gasteiger partial charge in [-0.25, -0.2) is 4.39 Å². The molecule has 1 aliphatic rings. The molecule has 0 spiro atoms. The maximum atomic E-state index is 13.1. The standard InChI is InChI=1S/C13H14ClFO2/c14-11-4-3-10(15)7-9(11)8-13(12(16)17)5-1-2-6-13/h3-4,7H,1-2,5-6,8H2,(H,16,17). The highest BCUT2D eigenvalue weighted by atomic mass is 35.5. The van der Waals surface area contributed by atoms with Crippen LogP contribution in [0.2, 0.25) is 5.02 Å². The summed E-state index contributed by atoms with van der Waals surface area (Å²) in [5.41, 5.74) is -0.159. The molecule has 0 saturated heterocycles. The molecule has 1 N–H and O–H groups in total. The Morgan fingerprint density at radius 2 is 2.06 bits per heavy atom. The second kappa shape index (κ2) is 4.65. The van der Waals surface area contributed by atoms with Gasteiger partial charge in [-0.1, -0.05) is 24.4 Å². The van der Waals surface area contributed by atoms with E-state index in [4.69, 9.17) is 11.6 Å². The Hall–Kier alpha value is -1.09. The first-order valence-corrected chi connectivity index (χ1v) is 6.09. The van der Waals surface area contributed by atoms with Gasteiger partial charge in [0.05, 0.1) is 5.41 Å². The Morgan fingerprint density at radius 3 is 2.65 bits per heavy atom. The van der Waals surface area contributed by atoms with Crippen LogP contribution < -0.4 is 0 Å². The molecule has 0 aromatic heterocycles. The third kappa shape index (κ3) is 2.44. The molecule has 0 heterocycles. The Balaban J connectivity index is 2.29. The number of hydrogen-bond acceptors (Lipinski definition) is 1. The highest BCUT2D eigenvalue weighted by Crippen LogP contribution is 2.42. The van der Waals surface area contributed by atoms with Gasteiger partial charge in [-0.15, -0.1) is 0 Å². The molecule has 1 aromatic carbocycles. The monoisotopic (exact) mass is 256 g/mol. The van der Waals surface area contributed by atoms with E-state index >= 15 is 0 Å². The van der Waals surface area contributed by atoms with Gasteiger partial charge in [-0.3, -0.25) is 4.79 Å². The van der Waals surface area contributed by atoms with Gasteiger partial charge < -0.3 is 5.11 Å². The number of halogens is 2. The van der Waals surface area contributed by atoms with E-state index in [1.165, 1.54) is 18.2 Å². The molecular weight excluding hydrogens is 243 g/mol. The minimum Gasteiger partial charge on any atom is -0.481 e. The second-order valence-corrected chi connectivity index (χ2v) is 5.11. The average molecular weight is 257 g/mol. The van der Waals surface area contributed by atoms with Gasteiger partial charge in [0.1, 0.15) is 5.82 Å². The first-order chi connectivity index (χ1) is 8.03. The fourth-order valence-corrected chi connectivity index (χ4v) is 2.75. The van der Waals surface area contributed by atoms with Crippen LogP contribution in [0.5, 0.6) is 0 Å². The minimum absolute atomic E-state index is 0.318. The third-order valence-electron chi connectivity index (χ3n) is 3.55. The maximum absolute atomic E-state index is 13.1. The van der Waals surface area contributed by atoms with Crippen molar-refractivity contribution in [2.45, 2.75) is 32.1 Å². The van der Waals surface area contributed by atoms with Gasteiger partial charge in [-0.2, -0.15) is 0 Å². The number of benzene rings is 1. The summed E-state index contributed by atoms with van der Waals surface area (Å²) in [4.78, 5) is 11.4. The molecule has 2 rings (SSSR count). The Bertz CT molecular complexity index is 439. The van der Waals surface area contributed by atoms with Gasteiger partial charge in [0.15, 0.2) is 0 Å². The average Bonchev–Trinajstić information content (AvgIpc) is 2.73. The van der Waals surface area contributed by atoms with E-state index in [0.717, 1.165) is 12.8 Å². The molecule has 0 amide bonds. The zero-order chi connectivity index (χ0) is 12.5. The van der Waals surface area contributed by atoms with Crippen LogP contribution in [0.3, 0.4) is 0 Å². The van der Waals surface area contributed by atoms with E-state index in [1.54, 1.807) is 0 Å². The van der Waals surface area contributed by atoms with E-state index in [1.807, 2.05) is 0 Å². The number of carbonyl (C=O) groups is 1. The van der Waals surface area contributed by atoms with Crippen LogP contribution in [0, 0.1) is 11.2 Å². The van der Waals surface area contributed by atoms with Gasteiger partial charge >= 0.3 is 5.97 Å². The summed E-state index contributed by atoms with van der Waals surface area (Å²) < 4.78 is 13.1. The number of carboxylic acids is 1. The van der Waals surface area contributed by atoms with Crippen molar-refractivity contribution in [3.05, 3.63) is 34.6 Å². The van der Waals surface area contributed by atoms with Crippen molar-refractivity contribution in [3.8, 4) is 0 Å². The summed E-state index contributed by atoms with van der Waals surface area (Å²) in [5, 5.41) is 9.79. The van der Waals surface area contributed by atoms with Gasteiger partial charge in [0.25, 0.3) is 0 Å². The van der Waals surface area contributed by atoms with Crippen molar-refractivity contribution in [2.75, 3.05) is 0 Å². The van der Waals surface area contributed by atoms with Crippen molar-refractivity contribution in [2.24, 2.45) is 5.41 Å². The van der Waals surface area contributed by atoms with Crippen LogP contribution in [-0.4, -0.2) is 11.1 Å². The first kappa shape index (κ1) is 12.4. The van der Waals surface area contributed by atoms with Crippen molar-refractivity contribution in [1.29, 1.82) is 0 Å². The summed E-state index contributed by atoms with van der Waals surface area (Å²) in [7, 11) is 0. The van der Waals surface area contributed by atoms with Crippen molar-refractivity contribution < 1.29 is 14.3 Å². The van der Waals surface area contributed by atoms with E-state index in [9.17, 15) is 14.3 Å². The minimum atomic E-state index is -0.796. The smallest absolute Gasteiger partial charge is 0.309 e. The molecular formula is C13H14ClFO2. The van der Waals surface area contributed by atoms with E-state index < -0.39 is 11.4 Å². The lowest BCUT2D eigenvalue weighted by molar-refractivity contribution is -0.148. The van der Waals surface area contributed by atoms with Crippen LogP contribution in [0.25, 0.3) is 0 Å². The highest BCUT2D eigenvalue weighted by Gasteiger charge is 2.41. The molecule has 1 aromatic rings. The topological polar surface area (TPSA) is 37.3 Å². The summed E-state index contributed by atoms with van der Waals surface area (Å²) in [6, 6.07) is 4.11. The van der Waals surface area contributed by atoms with Crippen molar-refractivity contribution >= 4 is 17.6 Å². The molecule has 0 aliphatic heterocycles. The number of rotatable bonds is 3. The second-order valence-electron chi connectivity index (χ2n) is 4.71. The summed E-state index contributed by atoms with van der Waals surface area (Å²) in [6.07, 6.45) is 3.45. The zero-order valence-corrected chi connectivity index (χ0v) is 10.1. The van der Waals surface area contributed by atoms with Crippen LogP contribution in [0.4, 0.5) is 4.39 Å². The lowest BCUT2D eigenvalue weighted by atomic mass is 9.80. The first-order valence-electron chi connectivity index (χ1n) is 5.71. The fraction of sp³-hybridized carbons (Fsp3) is 0.462. The molecule has 92 valence electrons. The maximum Gasteiger partial charge on any atom is 0.309 e. The molecule has 0 unspecified atom stereocenters. The molecule has 4 heteroatoms. The number of hydrogen-bond donors (Lipinski definition) is 1. The third-order valence-corrected chi connectivity index (χ3v) is 3.92.